The van der Waals surface area contributed by atoms with Gasteiger partial charge < -0.3 is 10.1 Å². The average Bonchev–Trinajstić information content (AvgIpc) is 2.18. The molecule has 86 valence electrons. The molecule has 0 radical (unpaired) electrons. The first-order chi connectivity index (χ1) is 6.65. The first kappa shape index (κ1) is 13.9. The molecule has 0 aliphatic heterocycles. The van der Waals surface area contributed by atoms with Crippen LogP contribution in [-0.2, 0) is 4.74 Å². The van der Waals surface area contributed by atoms with Crippen LogP contribution in [0.25, 0.3) is 0 Å². The van der Waals surface area contributed by atoms with E-state index in [1.807, 2.05) is 7.05 Å². The van der Waals surface area contributed by atoms with Gasteiger partial charge in [0, 0.05) is 6.04 Å². The normalized spacial score (nSPS) is 17.8. The van der Waals surface area contributed by atoms with Crippen molar-refractivity contribution < 1.29 is 4.74 Å². The second kappa shape index (κ2) is 8.25. The molecule has 14 heavy (non-hydrogen) atoms. The zero-order chi connectivity index (χ0) is 11.0. The third-order valence-corrected chi connectivity index (χ3v) is 2.96. The lowest BCUT2D eigenvalue weighted by Crippen LogP contribution is -2.37. The summed E-state index contributed by atoms with van der Waals surface area (Å²) in [6.45, 7) is 9.70. The number of hydrogen-bond acceptors (Lipinski definition) is 2. The zero-order valence-electron chi connectivity index (χ0n) is 10.5. The Morgan fingerprint density at radius 3 is 2.29 bits per heavy atom. The number of ether oxygens (including phenoxy) is 1. The molecule has 0 aliphatic carbocycles. The Hall–Kier alpha value is -0.0800. The molecule has 0 aliphatic rings. The van der Waals surface area contributed by atoms with Crippen LogP contribution in [0.4, 0.5) is 0 Å². The minimum Gasteiger partial charge on any atom is -0.377 e. The zero-order valence-corrected chi connectivity index (χ0v) is 10.5. The van der Waals surface area contributed by atoms with Crippen LogP contribution in [0.1, 0.15) is 47.0 Å². The van der Waals surface area contributed by atoms with Crippen LogP contribution in [0.5, 0.6) is 0 Å². The highest BCUT2D eigenvalue weighted by molar-refractivity contribution is 4.70. The molecule has 0 saturated heterocycles. The van der Waals surface area contributed by atoms with Gasteiger partial charge in [-0.2, -0.15) is 0 Å². The highest BCUT2D eigenvalue weighted by Gasteiger charge is 2.14. The van der Waals surface area contributed by atoms with Gasteiger partial charge in [-0.05, 0) is 26.3 Å². The number of hydrogen-bond donors (Lipinski definition) is 1. The van der Waals surface area contributed by atoms with E-state index >= 15 is 0 Å². The topological polar surface area (TPSA) is 21.3 Å². The molecule has 0 fully saturated rings. The van der Waals surface area contributed by atoms with Crippen molar-refractivity contribution in [2.24, 2.45) is 5.92 Å². The molecule has 0 aromatic heterocycles. The molecule has 0 aromatic rings. The molecule has 2 nitrogen and oxygen atoms in total. The number of likely N-dealkylation sites (N-methyl/N-ethyl adjacent to an activating group) is 1. The summed E-state index contributed by atoms with van der Waals surface area (Å²) in [5.74, 6) is 0.689. The summed E-state index contributed by atoms with van der Waals surface area (Å²) in [6.07, 6.45) is 3.97. The molecule has 3 unspecified atom stereocenters. The summed E-state index contributed by atoms with van der Waals surface area (Å²) < 4.78 is 5.80. The standard InChI is InChI=1S/C12H27NO/c1-6-8-11(4)14-9-12(13-5)10(3)7-2/h10-13H,6-9H2,1-5H3. The molecular weight excluding hydrogens is 174 g/mol. The van der Waals surface area contributed by atoms with Crippen molar-refractivity contribution in [1.29, 1.82) is 0 Å². The molecule has 0 bridgehead atoms. The van der Waals surface area contributed by atoms with Crippen molar-refractivity contribution in [2.75, 3.05) is 13.7 Å². The van der Waals surface area contributed by atoms with Crippen LogP contribution < -0.4 is 5.32 Å². The maximum Gasteiger partial charge on any atom is 0.0625 e. The monoisotopic (exact) mass is 201 g/mol. The van der Waals surface area contributed by atoms with E-state index in [0.29, 0.717) is 18.1 Å². The Kier molecular flexibility index (Phi) is 8.20. The molecule has 0 amide bonds. The van der Waals surface area contributed by atoms with Gasteiger partial charge in [0.05, 0.1) is 12.7 Å². The van der Waals surface area contributed by atoms with Gasteiger partial charge in [0.25, 0.3) is 0 Å². The summed E-state index contributed by atoms with van der Waals surface area (Å²) in [5, 5.41) is 3.33. The van der Waals surface area contributed by atoms with Gasteiger partial charge in [0.1, 0.15) is 0 Å². The highest BCUT2D eigenvalue weighted by Crippen LogP contribution is 2.09. The number of nitrogens with one attached hydrogen (secondary N) is 1. The predicted octanol–water partition coefficient (Wildman–Crippen LogP) is 2.83. The maximum absolute atomic E-state index is 5.80. The Morgan fingerprint density at radius 2 is 1.86 bits per heavy atom. The average molecular weight is 201 g/mol. The molecule has 0 aromatic carbocycles. The lowest BCUT2D eigenvalue weighted by molar-refractivity contribution is 0.0356. The van der Waals surface area contributed by atoms with Gasteiger partial charge in [-0.3, -0.25) is 0 Å². The molecule has 1 N–H and O–H groups in total. The first-order valence-electron chi connectivity index (χ1n) is 5.94. The summed E-state index contributed by atoms with van der Waals surface area (Å²) in [6, 6.07) is 0.499. The van der Waals surface area contributed by atoms with Crippen molar-refractivity contribution >= 4 is 0 Å². The van der Waals surface area contributed by atoms with Gasteiger partial charge in [0.15, 0.2) is 0 Å². The fraction of sp³-hybridized carbons (Fsp3) is 1.00. The fourth-order valence-corrected chi connectivity index (χ4v) is 1.57. The molecule has 0 heterocycles. The van der Waals surface area contributed by atoms with E-state index in [9.17, 15) is 0 Å². The SMILES string of the molecule is CCCC(C)OCC(NC)C(C)CC. The summed E-state index contributed by atoms with van der Waals surface area (Å²) in [4.78, 5) is 0. The second-order valence-electron chi connectivity index (χ2n) is 4.21. The van der Waals surface area contributed by atoms with Gasteiger partial charge in [0.2, 0.25) is 0 Å². The van der Waals surface area contributed by atoms with Gasteiger partial charge in [-0.15, -0.1) is 0 Å². The van der Waals surface area contributed by atoms with Gasteiger partial charge in [-0.25, -0.2) is 0 Å². The van der Waals surface area contributed by atoms with E-state index in [2.05, 4.69) is 33.0 Å². The van der Waals surface area contributed by atoms with Crippen LogP contribution in [0.15, 0.2) is 0 Å². The molecule has 0 rings (SSSR count). The van der Waals surface area contributed by atoms with E-state index in [-0.39, 0.29) is 0 Å². The van der Waals surface area contributed by atoms with Crippen molar-refractivity contribution in [3.8, 4) is 0 Å². The molecular formula is C12H27NO. The minimum absolute atomic E-state index is 0.403. The van der Waals surface area contributed by atoms with E-state index < -0.39 is 0 Å². The Bertz CT molecular complexity index is 127. The molecule has 3 atom stereocenters. The predicted molar refractivity (Wildman–Crippen MR) is 62.6 cm³/mol. The van der Waals surface area contributed by atoms with Crippen LogP contribution in [-0.4, -0.2) is 25.8 Å². The third-order valence-electron chi connectivity index (χ3n) is 2.96. The van der Waals surface area contributed by atoms with E-state index in [0.717, 1.165) is 13.0 Å². The quantitative estimate of drug-likeness (QED) is 0.652. The van der Waals surface area contributed by atoms with Crippen LogP contribution in [0.3, 0.4) is 0 Å². The molecule has 0 saturated carbocycles. The maximum atomic E-state index is 5.80. The minimum atomic E-state index is 0.403. The first-order valence-corrected chi connectivity index (χ1v) is 5.94. The van der Waals surface area contributed by atoms with Crippen LogP contribution in [0, 0.1) is 5.92 Å². The molecule has 2 heteroatoms. The van der Waals surface area contributed by atoms with Crippen LogP contribution >= 0.6 is 0 Å². The lowest BCUT2D eigenvalue weighted by Gasteiger charge is -2.24. The van der Waals surface area contributed by atoms with E-state index in [4.69, 9.17) is 4.74 Å². The Labute approximate surface area is 89.4 Å². The van der Waals surface area contributed by atoms with Crippen LogP contribution in [0.2, 0.25) is 0 Å². The van der Waals surface area contributed by atoms with E-state index in [1.54, 1.807) is 0 Å². The van der Waals surface area contributed by atoms with Crippen molar-refractivity contribution in [3.63, 3.8) is 0 Å². The highest BCUT2D eigenvalue weighted by atomic mass is 16.5. The summed E-state index contributed by atoms with van der Waals surface area (Å²) in [7, 11) is 2.02. The Morgan fingerprint density at radius 1 is 1.21 bits per heavy atom. The largest absolute Gasteiger partial charge is 0.377 e. The van der Waals surface area contributed by atoms with Gasteiger partial charge in [-0.1, -0.05) is 33.6 Å². The smallest absolute Gasteiger partial charge is 0.0625 e. The Balaban J connectivity index is 3.71. The van der Waals surface area contributed by atoms with Gasteiger partial charge >= 0.3 is 0 Å². The third kappa shape index (κ3) is 5.61. The summed E-state index contributed by atoms with van der Waals surface area (Å²) >= 11 is 0. The summed E-state index contributed by atoms with van der Waals surface area (Å²) in [5.41, 5.74) is 0. The van der Waals surface area contributed by atoms with E-state index in [1.165, 1.54) is 12.8 Å². The van der Waals surface area contributed by atoms with Crippen molar-refractivity contribution in [1.82, 2.24) is 5.32 Å². The second-order valence-corrected chi connectivity index (χ2v) is 4.21. The van der Waals surface area contributed by atoms with Crippen molar-refractivity contribution in [3.05, 3.63) is 0 Å². The number of rotatable bonds is 8. The lowest BCUT2D eigenvalue weighted by atomic mass is 10.0. The molecule has 0 spiro atoms. The fourth-order valence-electron chi connectivity index (χ4n) is 1.57. The van der Waals surface area contributed by atoms with Crippen molar-refractivity contribution in [2.45, 2.75) is 59.1 Å².